The molecule has 1 nitrogen and oxygen atoms in total. The standard InChI is InChI=1S/C21H28O.2C2H6/c1-4-15-10-19(12-20(15)14-22-3)21-13-18-9-7-6-8-17(18)11-16(21)5-2;2*1-2/h6-9,11,13,15,19-20H,4-5,10,12,14H2,1-3H3;2*1-2H3/t15?,19-,20+;;/m0../s1. The summed E-state index contributed by atoms with van der Waals surface area (Å²) in [6.07, 6.45) is 5.02. The Hall–Kier alpha value is -1.34. The summed E-state index contributed by atoms with van der Waals surface area (Å²) >= 11 is 0. The van der Waals surface area contributed by atoms with E-state index in [4.69, 9.17) is 4.74 Å². The van der Waals surface area contributed by atoms with Crippen LogP contribution < -0.4 is 0 Å². The van der Waals surface area contributed by atoms with Gasteiger partial charge >= 0.3 is 0 Å². The Balaban J connectivity index is 0.000000791. The van der Waals surface area contributed by atoms with E-state index in [-0.39, 0.29) is 0 Å². The molecule has 3 rings (SSSR count). The van der Waals surface area contributed by atoms with Gasteiger partial charge in [0.15, 0.2) is 0 Å². The molecule has 1 aliphatic rings. The van der Waals surface area contributed by atoms with Gasteiger partial charge in [0.2, 0.25) is 0 Å². The van der Waals surface area contributed by atoms with Gasteiger partial charge in [0.25, 0.3) is 0 Å². The maximum absolute atomic E-state index is 5.47. The molecule has 146 valence electrons. The van der Waals surface area contributed by atoms with Gasteiger partial charge in [-0.2, -0.15) is 0 Å². The van der Waals surface area contributed by atoms with Crippen molar-refractivity contribution in [3.05, 3.63) is 47.5 Å². The molecule has 2 aromatic carbocycles. The predicted molar refractivity (Wildman–Crippen MR) is 117 cm³/mol. The van der Waals surface area contributed by atoms with Crippen LogP contribution in [0.3, 0.4) is 0 Å². The van der Waals surface area contributed by atoms with Gasteiger partial charge in [-0.25, -0.2) is 0 Å². The van der Waals surface area contributed by atoms with E-state index in [0.29, 0.717) is 5.92 Å². The largest absolute Gasteiger partial charge is 0.384 e. The Morgan fingerprint density at radius 1 is 0.885 bits per heavy atom. The number of aryl methyl sites for hydroxylation is 1. The SMILES string of the molecule is CC.CC.CCc1cc2ccccc2cc1[C@H]1CC(CC)[C@@H](COC)C1. The minimum Gasteiger partial charge on any atom is -0.384 e. The monoisotopic (exact) mass is 356 g/mol. The molecule has 0 spiro atoms. The van der Waals surface area contributed by atoms with E-state index < -0.39 is 0 Å². The topological polar surface area (TPSA) is 9.23 Å². The van der Waals surface area contributed by atoms with Crippen molar-refractivity contribution in [1.82, 2.24) is 0 Å². The van der Waals surface area contributed by atoms with Crippen LogP contribution in [0.2, 0.25) is 0 Å². The van der Waals surface area contributed by atoms with Gasteiger partial charge in [0.1, 0.15) is 0 Å². The summed E-state index contributed by atoms with van der Waals surface area (Å²) < 4.78 is 5.47. The maximum atomic E-state index is 5.47. The molecule has 0 saturated heterocycles. The maximum Gasteiger partial charge on any atom is 0.0493 e. The molecule has 1 heteroatoms. The van der Waals surface area contributed by atoms with Gasteiger partial charge in [-0.15, -0.1) is 0 Å². The lowest BCUT2D eigenvalue weighted by Gasteiger charge is -2.17. The molecule has 26 heavy (non-hydrogen) atoms. The summed E-state index contributed by atoms with van der Waals surface area (Å²) in [6, 6.07) is 13.6. The van der Waals surface area contributed by atoms with Crippen molar-refractivity contribution in [2.24, 2.45) is 11.8 Å². The van der Waals surface area contributed by atoms with Crippen LogP contribution in [0.4, 0.5) is 0 Å². The highest BCUT2D eigenvalue weighted by atomic mass is 16.5. The molecule has 0 amide bonds. The van der Waals surface area contributed by atoms with Crippen LogP contribution in [-0.2, 0) is 11.2 Å². The van der Waals surface area contributed by atoms with Gasteiger partial charge in [0.05, 0.1) is 0 Å². The average molecular weight is 357 g/mol. The molecule has 0 heterocycles. The van der Waals surface area contributed by atoms with Crippen molar-refractivity contribution >= 4 is 10.8 Å². The third-order valence-corrected chi connectivity index (χ3v) is 5.57. The molecule has 0 aromatic heterocycles. The third-order valence-electron chi connectivity index (χ3n) is 5.57. The van der Waals surface area contributed by atoms with Gasteiger partial charge in [0, 0.05) is 13.7 Å². The molecule has 2 aromatic rings. The van der Waals surface area contributed by atoms with E-state index in [1.165, 1.54) is 35.6 Å². The highest BCUT2D eigenvalue weighted by Gasteiger charge is 2.34. The van der Waals surface area contributed by atoms with E-state index >= 15 is 0 Å². The lowest BCUT2D eigenvalue weighted by molar-refractivity contribution is 0.131. The number of benzene rings is 2. The van der Waals surface area contributed by atoms with Crippen LogP contribution in [-0.4, -0.2) is 13.7 Å². The molecule has 1 fully saturated rings. The van der Waals surface area contributed by atoms with E-state index in [2.05, 4.69) is 50.2 Å². The second-order valence-electron chi connectivity index (χ2n) is 6.80. The van der Waals surface area contributed by atoms with Crippen molar-refractivity contribution in [2.45, 2.75) is 73.1 Å². The first-order valence-corrected chi connectivity index (χ1v) is 10.8. The Morgan fingerprint density at radius 2 is 1.46 bits per heavy atom. The predicted octanol–water partition coefficient (Wildman–Crippen LogP) is 7.62. The van der Waals surface area contributed by atoms with Crippen molar-refractivity contribution in [1.29, 1.82) is 0 Å². The summed E-state index contributed by atoms with van der Waals surface area (Å²) in [7, 11) is 1.84. The Labute approximate surface area is 162 Å². The van der Waals surface area contributed by atoms with Gasteiger partial charge in [-0.05, 0) is 58.9 Å². The van der Waals surface area contributed by atoms with Crippen molar-refractivity contribution in [2.75, 3.05) is 13.7 Å². The number of hydrogen-bond donors (Lipinski definition) is 0. The van der Waals surface area contributed by atoms with Crippen LogP contribution in [0, 0.1) is 11.8 Å². The highest BCUT2D eigenvalue weighted by molar-refractivity contribution is 5.84. The van der Waals surface area contributed by atoms with Gasteiger partial charge in [-0.3, -0.25) is 0 Å². The zero-order chi connectivity index (χ0) is 19.5. The summed E-state index contributed by atoms with van der Waals surface area (Å²) in [5.74, 6) is 2.27. The molecule has 1 aliphatic carbocycles. The van der Waals surface area contributed by atoms with E-state index in [0.717, 1.165) is 24.9 Å². The van der Waals surface area contributed by atoms with Crippen molar-refractivity contribution in [3.63, 3.8) is 0 Å². The molecule has 0 bridgehead atoms. The minimum absolute atomic E-state index is 0.713. The first-order valence-electron chi connectivity index (χ1n) is 10.8. The minimum atomic E-state index is 0.713. The summed E-state index contributed by atoms with van der Waals surface area (Å²) in [5, 5.41) is 2.76. The van der Waals surface area contributed by atoms with E-state index in [1.54, 1.807) is 5.56 Å². The highest BCUT2D eigenvalue weighted by Crippen LogP contribution is 2.45. The van der Waals surface area contributed by atoms with Crippen LogP contribution in [0.15, 0.2) is 36.4 Å². The molecular formula is C25H40O. The zero-order valence-electron chi connectivity index (χ0n) is 18.1. The quantitative estimate of drug-likeness (QED) is 0.535. The molecule has 3 atom stereocenters. The van der Waals surface area contributed by atoms with Crippen molar-refractivity contribution < 1.29 is 4.74 Å². The number of fused-ring (bicyclic) bond motifs is 1. The first kappa shape index (κ1) is 22.7. The van der Waals surface area contributed by atoms with Crippen molar-refractivity contribution in [3.8, 4) is 0 Å². The number of hydrogen-bond acceptors (Lipinski definition) is 1. The molecule has 1 unspecified atom stereocenters. The Bertz CT molecular complexity index is 631. The third kappa shape index (κ3) is 5.33. The molecular weight excluding hydrogens is 316 g/mol. The van der Waals surface area contributed by atoms with Crippen LogP contribution >= 0.6 is 0 Å². The Kier molecular flexibility index (Phi) is 10.6. The first-order chi connectivity index (χ1) is 12.8. The van der Waals surface area contributed by atoms with Crippen LogP contribution in [0.25, 0.3) is 10.8 Å². The normalized spacial score (nSPS) is 21.6. The van der Waals surface area contributed by atoms with Crippen LogP contribution in [0.5, 0.6) is 0 Å². The number of ether oxygens (including phenoxy) is 1. The fourth-order valence-corrected chi connectivity index (χ4v) is 4.38. The molecule has 0 radical (unpaired) electrons. The number of rotatable bonds is 5. The number of methoxy groups -OCH3 is 1. The van der Waals surface area contributed by atoms with Crippen LogP contribution in [0.1, 0.15) is 77.8 Å². The fourth-order valence-electron chi connectivity index (χ4n) is 4.38. The van der Waals surface area contributed by atoms with Gasteiger partial charge in [-0.1, -0.05) is 84.4 Å². The molecule has 0 aliphatic heterocycles. The van der Waals surface area contributed by atoms with Gasteiger partial charge < -0.3 is 4.74 Å². The zero-order valence-corrected chi connectivity index (χ0v) is 18.1. The summed E-state index contributed by atoms with van der Waals surface area (Å²) in [5.41, 5.74) is 3.13. The second-order valence-corrected chi connectivity index (χ2v) is 6.80. The smallest absolute Gasteiger partial charge is 0.0493 e. The second kappa shape index (κ2) is 12.1. The summed E-state index contributed by atoms with van der Waals surface area (Å²) in [6.45, 7) is 13.5. The average Bonchev–Trinajstić information content (AvgIpc) is 3.13. The van der Waals surface area contributed by atoms with E-state index in [1.807, 2.05) is 34.8 Å². The van der Waals surface area contributed by atoms with E-state index in [9.17, 15) is 0 Å². The molecule has 1 saturated carbocycles. The Morgan fingerprint density at radius 3 is 2.00 bits per heavy atom. The summed E-state index contributed by atoms with van der Waals surface area (Å²) in [4.78, 5) is 0. The molecule has 0 N–H and O–H groups in total. The fraction of sp³-hybridized carbons (Fsp3) is 0.600. The lowest BCUT2D eigenvalue weighted by atomic mass is 9.88. The lowest BCUT2D eigenvalue weighted by Crippen LogP contribution is -2.12.